The van der Waals surface area contributed by atoms with Crippen molar-refractivity contribution in [2.45, 2.75) is 43.9 Å². The van der Waals surface area contributed by atoms with Crippen molar-refractivity contribution in [2.24, 2.45) is 0 Å². The molecule has 1 aromatic carbocycles. The first-order valence-corrected chi connectivity index (χ1v) is 8.63. The van der Waals surface area contributed by atoms with Gasteiger partial charge in [0.25, 0.3) is 5.91 Å². The van der Waals surface area contributed by atoms with Crippen LogP contribution in [0.5, 0.6) is 11.5 Å². The van der Waals surface area contributed by atoms with Gasteiger partial charge >= 0.3 is 0 Å². The maximum Gasteiger partial charge on any atom is 0.267 e. The van der Waals surface area contributed by atoms with Crippen LogP contribution in [0, 0.1) is 0 Å². The smallest absolute Gasteiger partial charge is 0.267 e. The molecule has 0 aliphatic carbocycles. The molecule has 3 atom stereocenters. The minimum Gasteiger partial charge on any atom is -0.485 e. The van der Waals surface area contributed by atoms with Crippen molar-refractivity contribution in [3.8, 4) is 11.5 Å². The molecule has 4 rings (SSSR count). The zero-order valence-electron chi connectivity index (χ0n) is 13.6. The zero-order valence-corrected chi connectivity index (χ0v) is 13.6. The molecule has 0 spiro atoms. The lowest BCUT2D eigenvalue weighted by atomic mass is 10.0. The highest BCUT2D eigenvalue weighted by atomic mass is 16.6. The van der Waals surface area contributed by atoms with Gasteiger partial charge in [-0.1, -0.05) is 12.1 Å². The SMILES string of the molecule is CN1CCC[C@@H]1[C@@H]1CCCN1C(=O)[C@H]1COc2ccccc2O1. The van der Waals surface area contributed by atoms with Crippen molar-refractivity contribution in [1.29, 1.82) is 0 Å². The fourth-order valence-electron chi connectivity index (χ4n) is 4.21. The number of hydrogen-bond donors (Lipinski definition) is 0. The van der Waals surface area contributed by atoms with E-state index in [4.69, 9.17) is 9.47 Å². The second-order valence-corrected chi connectivity index (χ2v) is 6.80. The first-order chi connectivity index (χ1) is 11.2. The summed E-state index contributed by atoms with van der Waals surface area (Å²) in [6.45, 7) is 2.29. The fraction of sp³-hybridized carbons (Fsp3) is 0.611. The molecule has 0 N–H and O–H groups in total. The van der Waals surface area contributed by atoms with Gasteiger partial charge in [-0.25, -0.2) is 0 Å². The van der Waals surface area contributed by atoms with Crippen LogP contribution < -0.4 is 9.47 Å². The number of nitrogens with zero attached hydrogens (tertiary/aromatic N) is 2. The Bertz CT molecular complexity index is 591. The monoisotopic (exact) mass is 316 g/mol. The predicted molar refractivity (Wildman–Crippen MR) is 86.7 cm³/mol. The van der Waals surface area contributed by atoms with Crippen LogP contribution in [0.4, 0.5) is 0 Å². The minimum absolute atomic E-state index is 0.0855. The fourth-order valence-corrected chi connectivity index (χ4v) is 4.21. The number of likely N-dealkylation sites (tertiary alicyclic amines) is 2. The van der Waals surface area contributed by atoms with Gasteiger partial charge in [-0.05, 0) is 51.4 Å². The molecular formula is C18H24N2O3. The molecule has 2 fully saturated rings. The van der Waals surface area contributed by atoms with Crippen LogP contribution in [0.15, 0.2) is 24.3 Å². The first-order valence-electron chi connectivity index (χ1n) is 8.63. The quantitative estimate of drug-likeness (QED) is 0.836. The van der Waals surface area contributed by atoms with E-state index in [2.05, 4.69) is 16.8 Å². The Balaban J connectivity index is 1.48. The molecule has 0 radical (unpaired) electrons. The van der Waals surface area contributed by atoms with E-state index in [0.29, 0.717) is 24.4 Å². The Hall–Kier alpha value is -1.75. The number of para-hydroxylation sites is 2. The Labute approximate surface area is 137 Å². The van der Waals surface area contributed by atoms with Gasteiger partial charge in [0.2, 0.25) is 6.10 Å². The van der Waals surface area contributed by atoms with E-state index in [1.807, 2.05) is 24.3 Å². The van der Waals surface area contributed by atoms with E-state index < -0.39 is 6.10 Å². The number of rotatable bonds is 2. The number of hydrogen-bond acceptors (Lipinski definition) is 4. The highest BCUT2D eigenvalue weighted by Gasteiger charge is 2.41. The number of fused-ring (bicyclic) bond motifs is 1. The van der Waals surface area contributed by atoms with Crippen LogP contribution in [0.1, 0.15) is 25.7 Å². The van der Waals surface area contributed by atoms with Crippen LogP contribution in [-0.4, -0.2) is 60.6 Å². The molecule has 1 aromatic rings. The summed E-state index contributed by atoms with van der Waals surface area (Å²) in [5.74, 6) is 1.48. The molecule has 124 valence electrons. The number of carbonyl (C=O) groups excluding carboxylic acids is 1. The third-order valence-corrected chi connectivity index (χ3v) is 5.39. The summed E-state index contributed by atoms with van der Waals surface area (Å²) in [5.41, 5.74) is 0. The van der Waals surface area contributed by atoms with Gasteiger partial charge in [-0.15, -0.1) is 0 Å². The number of amides is 1. The summed E-state index contributed by atoms with van der Waals surface area (Å²) in [6, 6.07) is 8.38. The molecule has 1 amide bonds. The van der Waals surface area contributed by atoms with Gasteiger partial charge in [-0.2, -0.15) is 0 Å². The lowest BCUT2D eigenvalue weighted by Gasteiger charge is -2.36. The molecular weight excluding hydrogens is 292 g/mol. The van der Waals surface area contributed by atoms with Crippen LogP contribution in [0.2, 0.25) is 0 Å². The molecule has 3 aliphatic heterocycles. The summed E-state index contributed by atoms with van der Waals surface area (Å²) >= 11 is 0. The van der Waals surface area contributed by atoms with Crippen molar-refractivity contribution >= 4 is 5.91 Å². The highest BCUT2D eigenvalue weighted by Crippen LogP contribution is 2.33. The molecule has 0 aromatic heterocycles. The molecule has 5 heteroatoms. The minimum atomic E-state index is -0.516. The molecule has 0 saturated carbocycles. The summed E-state index contributed by atoms with van der Waals surface area (Å²) in [5, 5.41) is 0. The van der Waals surface area contributed by atoms with Crippen LogP contribution in [0.3, 0.4) is 0 Å². The van der Waals surface area contributed by atoms with Gasteiger partial charge in [-0.3, -0.25) is 4.79 Å². The summed E-state index contributed by atoms with van der Waals surface area (Å²) < 4.78 is 11.6. The van der Waals surface area contributed by atoms with Crippen molar-refractivity contribution < 1.29 is 14.3 Å². The van der Waals surface area contributed by atoms with E-state index in [9.17, 15) is 4.79 Å². The van der Waals surface area contributed by atoms with E-state index in [0.717, 1.165) is 31.7 Å². The molecule has 2 saturated heterocycles. The molecule has 0 bridgehead atoms. The summed E-state index contributed by atoms with van der Waals surface area (Å²) in [4.78, 5) is 17.4. The van der Waals surface area contributed by atoms with Crippen molar-refractivity contribution in [3.05, 3.63) is 24.3 Å². The highest BCUT2D eigenvalue weighted by molar-refractivity contribution is 5.82. The maximum absolute atomic E-state index is 13.0. The second-order valence-electron chi connectivity index (χ2n) is 6.80. The standard InChI is InChI=1S/C18H24N2O3/c1-19-10-4-6-13(19)14-7-5-11-20(14)18(21)17-12-22-15-8-2-3-9-16(15)23-17/h2-3,8-9,13-14,17H,4-7,10-12H2,1H3/t13-,14+,17-/m1/s1. The molecule has 3 aliphatic rings. The Kier molecular flexibility index (Phi) is 3.89. The maximum atomic E-state index is 13.0. The topological polar surface area (TPSA) is 42.0 Å². The van der Waals surface area contributed by atoms with E-state index in [1.165, 1.54) is 12.8 Å². The number of likely N-dealkylation sites (N-methyl/N-ethyl adjacent to an activating group) is 1. The largest absolute Gasteiger partial charge is 0.485 e. The van der Waals surface area contributed by atoms with E-state index in [-0.39, 0.29) is 5.91 Å². The third-order valence-electron chi connectivity index (χ3n) is 5.39. The number of ether oxygens (including phenoxy) is 2. The van der Waals surface area contributed by atoms with E-state index >= 15 is 0 Å². The number of carbonyl (C=O) groups is 1. The number of benzene rings is 1. The van der Waals surface area contributed by atoms with Gasteiger partial charge in [0.15, 0.2) is 11.5 Å². The van der Waals surface area contributed by atoms with Gasteiger partial charge in [0.1, 0.15) is 6.61 Å². The lowest BCUT2D eigenvalue weighted by Crippen LogP contribution is -2.53. The predicted octanol–water partition coefficient (Wildman–Crippen LogP) is 1.91. The average molecular weight is 316 g/mol. The molecule has 5 nitrogen and oxygen atoms in total. The lowest BCUT2D eigenvalue weighted by molar-refractivity contribution is -0.143. The van der Waals surface area contributed by atoms with Gasteiger partial charge in [0, 0.05) is 18.6 Å². The Morgan fingerprint density at radius 1 is 1.09 bits per heavy atom. The van der Waals surface area contributed by atoms with Crippen LogP contribution >= 0.6 is 0 Å². The zero-order chi connectivity index (χ0) is 15.8. The van der Waals surface area contributed by atoms with Crippen molar-refractivity contribution in [2.75, 3.05) is 26.7 Å². The molecule has 3 heterocycles. The van der Waals surface area contributed by atoms with Gasteiger partial charge < -0.3 is 19.3 Å². The average Bonchev–Trinajstić information content (AvgIpc) is 3.22. The summed E-state index contributed by atoms with van der Waals surface area (Å²) in [7, 11) is 2.18. The molecule has 23 heavy (non-hydrogen) atoms. The molecule has 0 unspecified atom stereocenters. The van der Waals surface area contributed by atoms with Crippen LogP contribution in [-0.2, 0) is 4.79 Å². The third kappa shape index (κ3) is 2.67. The Morgan fingerprint density at radius 2 is 1.83 bits per heavy atom. The van der Waals surface area contributed by atoms with Crippen molar-refractivity contribution in [3.63, 3.8) is 0 Å². The van der Waals surface area contributed by atoms with Crippen molar-refractivity contribution in [1.82, 2.24) is 9.80 Å². The first kappa shape index (κ1) is 14.8. The van der Waals surface area contributed by atoms with E-state index in [1.54, 1.807) is 0 Å². The van der Waals surface area contributed by atoms with Gasteiger partial charge in [0.05, 0.1) is 0 Å². The second kappa shape index (κ2) is 6.04. The normalized spacial score (nSPS) is 30.7. The van der Waals surface area contributed by atoms with Crippen LogP contribution in [0.25, 0.3) is 0 Å². The Morgan fingerprint density at radius 3 is 2.61 bits per heavy atom. The summed E-state index contributed by atoms with van der Waals surface area (Å²) in [6.07, 6.45) is 4.10.